The number of piperazine rings is 1. The van der Waals surface area contributed by atoms with Gasteiger partial charge in [-0.1, -0.05) is 0 Å². The second-order valence-corrected chi connectivity index (χ2v) is 7.79. The smallest absolute Gasteiger partial charge is 0.141 e. The monoisotopic (exact) mass is 332 g/mol. The Hall–Kier alpha value is -1.24. The van der Waals surface area contributed by atoms with Crippen LogP contribution < -0.4 is 4.90 Å². The second-order valence-electron chi connectivity index (χ2n) is 6.58. The summed E-state index contributed by atoms with van der Waals surface area (Å²) >= 11 is 1.77. The Morgan fingerprint density at radius 2 is 2.04 bits per heavy atom. The van der Waals surface area contributed by atoms with Crippen LogP contribution in [0.2, 0.25) is 0 Å². The third kappa shape index (κ3) is 2.95. The minimum absolute atomic E-state index is 0.453. The van der Waals surface area contributed by atoms with Crippen LogP contribution in [-0.2, 0) is 4.74 Å². The molecule has 0 radical (unpaired) electrons. The van der Waals surface area contributed by atoms with E-state index in [1.54, 1.807) is 17.7 Å². The Morgan fingerprint density at radius 1 is 1.22 bits per heavy atom. The molecule has 0 saturated carbocycles. The van der Waals surface area contributed by atoms with Crippen LogP contribution in [0.1, 0.15) is 23.3 Å². The third-order valence-electron chi connectivity index (χ3n) is 5.10. The minimum atomic E-state index is 0.453. The molecule has 2 saturated heterocycles. The standard InChI is InChI=1S/C17H24N4OS/c1-12-13(2)23-17-15(12)16(18-11-19-17)21-7-5-20(6-8-21)10-14-4-3-9-22-14/h11,14H,3-10H2,1-2H3/t14-/m1/s1. The van der Waals surface area contributed by atoms with E-state index in [0.717, 1.165) is 50.0 Å². The highest BCUT2D eigenvalue weighted by atomic mass is 32.1. The number of nitrogens with zero attached hydrogens (tertiary/aromatic N) is 4. The van der Waals surface area contributed by atoms with E-state index in [4.69, 9.17) is 4.74 Å². The highest BCUT2D eigenvalue weighted by Gasteiger charge is 2.25. The zero-order valence-corrected chi connectivity index (χ0v) is 14.7. The summed E-state index contributed by atoms with van der Waals surface area (Å²) in [6.45, 7) is 10.6. The topological polar surface area (TPSA) is 41.5 Å². The van der Waals surface area contributed by atoms with Crippen molar-refractivity contribution in [2.45, 2.75) is 32.8 Å². The first-order valence-corrected chi connectivity index (χ1v) is 9.33. The number of ether oxygens (including phenoxy) is 1. The van der Waals surface area contributed by atoms with Crippen LogP contribution in [0.3, 0.4) is 0 Å². The summed E-state index contributed by atoms with van der Waals surface area (Å²) < 4.78 is 5.77. The summed E-state index contributed by atoms with van der Waals surface area (Å²) in [6.07, 6.45) is 4.61. The van der Waals surface area contributed by atoms with E-state index in [2.05, 4.69) is 33.6 Å². The van der Waals surface area contributed by atoms with Crippen molar-refractivity contribution in [1.29, 1.82) is 0 Å². The van der Waals surface area contributed by atoms with E-state index < -0.39 is 0 Å². The summed E-state index contributed by atoms with van der Waals surface area (Å²) in [6, 6.07) is 0. The second kappa shape index (κ2) is 6.34. The van der Waals surface area contributed by atoms with Crippen LogP contribution in [-0.4, -0.2) is 60.3 Å². The summed E-state index contributed by atoms with van der Waals surface area (Å²) in [5, 5.41) is 1.25. The van der Waals surface area contributed by atoms with Crippen molar-refractivity contribution in [2.75, 3.05) is 44.2 Å². The summed E-state index contributed by atoms with van der Waals surface area (Å²) in [4.78, 5) is 16.5. The van der Waals surface area contributed by atoms with Crippen LogP contribution in [0, 0.1) is 13.8 Å². The summed E-state index contributed by atoms with van der Waals surface area (Å²) in [7, 11) is 0. The lowest BCUT2D eigenvalue weighted by Gasteiger charge is -2.36. The zero-order valence-electron chi connectivity index (χ0n) is 13.9. The largest absolute Gasteiger partial charge is 0.377 e. The van der Waals surface area contributed by atoms with Gasteiger partial charge >= 0.3 is 0 Å². The molecule has 2 fully saturated rings. The summed E-state index contributed by atoms with van der Waals surface area (Å²) in [5.74, 6) is 1.12. The molecule has 0 bridgehead atoms. The number of hydrogen-bond acceptors (Lipinski definition) is 6. The lowest BCUT2D eigenvalue weighted by Crippen LogP contribution is -2.48. The maximum atomic E-state index is 5.77. The van der Waals surface area contributed by atoms with Crippen molar-refractivity contribution >= 4 is 27.4 Å². The van der Waals surface area contributed by atoms with Crippen molar-refractivity contribution in [1.82, 2.24) is 14.9 Å². The van der Waals surface area contributed by atoms with Crippen LogP contribution in [0.5, 0.6) is 0 Å². The number of fused-ring (bicyclic) bond motifs is 1. The Balaban J connectivity index is 1.48. The first kappa shape index (κ1) is 15.3. The molecule has 0 unspecified atom stereocenters. The maximum absolute atomic E-state index is 5.77. The third-order valence-corrected chi connectivity index (χ3v) is 6.22. The van der Waals surface area contributed by atoms with Crippen molar-refractivity contribution in [2.24, 2.45) is 0 Å². The van der Waals surface area contributed by atoms with Gasteiger partial charge in [0.15, 0.2) is 0 Å². The Labute approximate surface area is 141 Å². The molecular weight excluding hydrogens is 308 g/mol. The quantitative estimate of drug-likeness (QED) is 0.864. The van der Waals surface area contributed by atoms with E-state index >= 15 is 0 Å². The van der Waals surface area contributed by atoms with Gasteiger partial charge in [0.25, 0.3) is 0 Å². The Morgan fingerprint density at radius 3 is 2.78 bits per heavy atom. The fraction of sp³-hybridized carbons (Fsp3) is 0.647. The molecule has 0 aromatic carbocycles. The van der Waals surface area contributed by atoms with E-state index in [-0.39, 0.29) is 0 Å². The number of aryl methyl sites for hydroxylation is 2. The van der Waals surface area contributed by atoms with Gasteiger partial charge in [-0.15, -0.1) is 11.3 Å². The molecule has 1 atom stereocenters. The molecule has 4 heterocycles. The first-order chi connectivity index (χ1) is 11.2. The lowest BCUT2D eigenvalue weighted by molar-refractivity contribution is 0.0712. The predicted octanol–water partition coefficient (Wildman–Crippen LogP) is 2.61. The highest BCUT2D eigenvalue weighted by molar-refractivity contribution is 7.18. The molecule has 0 spiro atoms. The van der Waals surface area contributed by atoms with E-state index in [1.165, 1.54) is 28.7 Å². The summed E-state index contributed by atoms with van der Waals surface area (Å²) in [5.41, 5.74) is 1.34. The van der Waals surface area contributed by atoms with Crippen LogP contribution in [0.4, 0.5) is 5.82 Å². The van der Waals surface area contributed by atoms with Gasteiger partial charge in [0, 0.05) is 44.2 Å². The SMILES string of the molecule is Cc1sc2ncnc(N3CCN(C[C@H]4CCCO4)CC3)c2c1C. The molecule has 23 heavy (non-hydrogen) atoms. The van der Waals surface area contributed by atoms with Gasteiger partial charge in [-0.3, -0.25) is 4.90 Å². The molecule has 0 aliphatic carbocycles. The first-order valence-electron chi connectivity index (χ1n) is 8.52. The molecule has 2 aliphatic rings. The molecule has 4 rings (SSSR count). The molecule has 5 nitrogen and oxygen atoms in total. The fourth-order valence-corrected chi connectivity index (χ4v) is 4.61. The zero-order chi connectivity index (χ0) is 15.8. The van der Waals surface area contributed by atoms with Gasteiger partial charge < -0.3 is 9.64 Å². The van der Waals surface area contributed by atoms with Gasteiger partial charge in [0.2, 0.25) is 0 Å². The average Bonchev–Trinajstić information content (AvgIpc) is 3.17. The van der Waals surface area contributed by atoms with E-state index in [9.17, 15) is 0 Å². The maximum Gasteiger partial charge on any atom is 0.141 e. The van der Waals surface area contributed by atoms with Gasteiger partial charge in [0.05, 0.1) is 11.5 Å². The van der Waals surface area contributed by atoms with Crippen molar-refractivity contribution in [3.05, 3.63) is 16.8 Å². The molecule has 2 aromatic heterocycles. The van der Waals surface area contributed by atoms with Gasteiger partial charge in [-0.05, 0) is 32.3 Å². The number of anilines is 1. The number of hydrogen-bond donors (Lipinski definition) is 0. The van der Waals surface area contributed by atoms with Crippen molar-refractivity contribution in [3.63, 3.8) is 0 Å². The van der Waals surface area contributed by atoms with E-state index in [1.807, 2.05) is 0 Å². The Kier molecular flexibility index (Phi) is 4.22. The highest BCUT2D eigenvalue weighted by Crippen LogP contribution is 2.34. The number of rotatable bonds is 3. The molecule has 2 aromatic rings. The fourth-order valence-electron chi connectivity index (χ4n) is 3.62. The molecule has 0 amide bonds. The van der Waals surface area contributed by atoms with Gasteiger partial charge in [-0.2, -0.15) is 0 Å². The lowest BCUT2D eigenvalue weighted by atomic mass is 10.2. The van der Waals surface area contributed by atoms with Gasteiger partial charge in [-0.25, -0.2) is 9.97 Å². The van der Waals surface area contributed by atoms with Gasteiger partial charge in [0.1, 0.15) is 17.0 Å². The molecule has 0 N–H and O–H groups in total. The van der Waals surface area contributed by atoms with Crippen LogP contribution in [0.25, 0.3) is 10.2 Å². The minimum Gasteiger partial charge on any atom is -0.377 e. The van der Waals surface area contributed by atoms with Crippen molar-refractivity contribution < 1.29 is 4.74 Å². The van der Waals surface area contributed by atoms with Crippen molar-refractivity contribution in [3.8, 4) is 0 Å². The molecule has 124 valence electrons. The number of aromatic nitrogens is 2. The molecule has 2 aliphatic heterocycles. The van der Waals surface area contributed by atoms with E-state index in [0.29, 0.717) is 6.10 Å². The van der Waals surface area contributed by atoms with Crippen LogP contribution >= 0.6 is 11.3 Å². The molecular formula is C17H24N4OS. The normalized spacial score (nSPS) is 23.0. The Bertz CT molecular complexity index is 687. The average molecular weight is 332 g/mol. The predicted molar refractivity (Wildman–Crippen MR) is 94.5 cm³/mol. The number of thiophene rings is 1. The molecule has 6 heteroatoms. The van der Waals surface area contributed by atoms with Crippen LogP contribution in [0.15, 0.2) is 6.33 Å².